The van der Waals surface area contributed by atoms with E-state index in [1.54, 1.807) is 6.07 Å². The summed E-state index contributed by atoms with van der Waals surface area (Å²) in [6.45, 7) is 4.12. The standard InChI is InChI=1S/C16H17NO2/c1-9-3-6-12(10(2)7-9)14-8-13(16(18)19)15(17-14)11-4-5-11/h3,6-8,11,17H,4-5H2,1-2H3,(H,18,19). The molecule has 1 aromatic carbocycles. The Morgan fingerprint density at radius 2 is 2.00 bits per heavy atom. The molecule has 0 saturated heterocycles. The van der Waals surface area contributed by atoms with Crippen LogP contribution in [-0.2, 0) is 0 Å². The fraction of sp³-hybridized carbons (Fsp3) is 0.312. The Morgan fingerprint density at radius 3 is 2.58 bits per heavy atom. The zero-order valence-corrected chi connectivity index (χ0v) is 11.2. The molecule has 1 fully saturated rings. The fourth-order valence-electron chi connectivity index (χ4n) is 2.60. The molecule has 3 rings (SSSR count). The second-order valence-electron chi connectivity index (χ2n) is 5.41. The molecule has 2 N–H and O–H groups in total. The number of aryl methyl sites for hydroxylation is 2. The molecule has 3 nitrogen and oxygen atoms in total. The van der Waals surface area contributed by atoms with Gasteiger partial charge in [-0.25, -0.2) is 4.79 Å². The van der Waals surface area contributed by atoms with Gasteiger partial charge in [-0.05, 0) is 44.2 Å². The second-order valence-corrected chi connectivity index (χ2v) is 5.41. The maximum Gasteiger partial charge on any atom is 0.337 e. The van der Waals surface area contributed by atoms with E-state index in [4.69, 9.17) is 0 Å². The molecule has 1 aliphatic rings. The summed E-state index contributed by atoms with van der Waals surface area (Å²) in [5.41, 5.74) is 5.70. The van der Waals surface area contributed by atoms with Gasteiger partial charge in [-0.15, -0.1) is 0 Å². The first-order valence-electron chi connectivity index (χ1n) is 6.60. The van der Waals surface area contributed by atoms with Crippen molar-refractivity contribution in [3.05, 3.63) is 46.6 Å². The van der Waals surface area contributed by atoms with Crippen LogP contribution >= 0.6 is 0 Å². The molecule has 0 amide bonds. The normalized spacial score (nSPS) is 14.6. The Labute approximate surface area is 112 Å². The molecule has 1 heterocycles. The van der Waals surface area contributed by atoms with E-state index >= 15 is 0 Å². The van der Waals surface area contributed by atoms with Crippen LogP contribution in [0.15, 0.2) is 24.3 Å². The SMILES string of the molecule is Cc1ccc(-c2cc(C(=O)O)c(C3CC3)[nH]2)c(C)c1. The smallest absolute Gasteiger partial charge is 0.337 e. The topological polar surface area (TPSA) is 53.1 Å². The molecule has 0 atom stereocenters. The first kappa shape index (κ1) is 12.0. The number of aromatic carboxylic acids is 1. The van der Waals surface area contributed by atoms with Crippen LogP contribution < -0.4 is 0 Å². The lowest BCUT2D eigenvalue weighted by molar-refractivity contribution is 0.0696. The zero-order chi connectivity index (χ0) is 13.6. The third-order valence-electron chi connectivity index (χ3n) is 3.74. The van der Waals surface area contributed by atoms with Crippen LogP contribution in [0.2, 0.25) is 0 Å². The average molecular weight is 255 g/mol. The molecule has 0 unspecified atom stereocenters. The molecule has 1 aliphatic carbocycles. The summed E-state index contributed by atoms with van der Waals surface area (Å²) in [6.07, 6.45) is 2.18. The van der Waals surface area contributed by atoms with Crippen LogP contribution in [0, 0.1) is 13.8 Å². The number of rotatable bonds is 3. The van der Waals surface area contributed by atoms with Crippen LogP contribution in [0.4, 0.5) is 0 Å². The van der Waals surface area contributed by atoms with E-state index in [0.29, 0.717) is 11.5 Å². The highest BCUT2D eigenvalue weighted by atomic mass is 16.4. The molecular weight excluding hydrogens is 238 g/mol. The number of hydrogen-bond acceptors (Lipinski definition) is 1. The number of hydrogen-bond donors (Lipinski definition) is 2. The number of nitrogens with one attached hydrogen (secondary N) is 1. The van der Waals surface area contributed by atoms with Crippen LogP contribution in [0.3, 0.4) is 0 Å². The van der Waals surface area contributed by atoms with Gasteiger partial charge in [0.1, 0.15) is 0 Å². The number of carboxylic acids is 1. The molecule has 0 bridgehead atoms. The summed E-state index contributed by atoms with van der Waals surface area (Å²) in [6, 6.07) is 8.00. The molecule has 1 saturated carbocycles. The third kappa shape index (κ3) is 2.16. The number of carbonyl (C=O) groups is 1. The minimum Gasteiger partial charge on any atom is -0.478 e. The maximum absolute atomic E-state index is 11.3. The minimum absolute atomic E-state index is 0.408. The number of H-pyrrole nitrogens is 1. The van der Waals surface area contributed by atoms with Crippen molar-refractivity contribution in [2.24, 2.45) is 0 Å². The summed E-state index contributed by atoms with van der Waals surface area (Å²) in [5.74, 6) is -0.431. The van der Waals surface area contributed by atoms with E-state index in [0.717, 1.165) is 29.8 Å². The Kier molecular flexibility index (Phi) is 2.70. The van der Waals surface area contributed by atoms with Crippen molar-refractivity contribution in [1.29, 1.82) is 0 Å². The van der Waals surface area contributed by atoms with Crippen LogP contribution in [0.5, 0.6) is 0 Å². The fourth-order valence-corrected chi connectivity index (χ4v) is 2.60. The minimum atomic E-state index is -0.839. The van der Waals surface area contributed by atoms with Crippen LogP contribution in [0.1, 0.15) is 45.9 Å². The largest absolute Gasteiger partial charge is 0.478 e. The molecular formula is C16H17NO2. The predicted molar refractivity (Wildman–Crippen MR) is 74.6 cm³/mol. The summed E-state index contributed by atoms with van der Waals surface area (Å²) < 4.78 is 0. The first-order chi connectivity index (χ1) is 9.06. The van der Waals surface area contributed by atoms with Gasteiger partial charge in [0.25, 0.3) is 0 Å². The number of aromatic nitrogens is 1. The van der Waals surface area contributed by atoms with Gasteiger partial charge in [0.2, 0.25) is 0 Å². The van der Waals surface area contributed by atoms with Crippen molar-refractivity contribution in [1.82, 2.24) is 4.98 Å². The quantitative estimate of drug-likeness (QED) is 0.874. The van der Waals surface area contributed by atoms with Gasteiger partial charge in [-0.2, -0.15) is 0 Å². The molecule has 98 valence electrons. The van der Waals surface area contributed by atoms with E-state index in [1.807, 2.05) is 0 Å². The first-order valence-corrected chi connectivity index (χ1v) is 6.60. The monoisotopic (exact) mass is 255 g/mol. The summed E-state index contributed by atoms with van der Waals surface area (Å²) in [4.78, 5) is 14.6. The van der Waals surface area contributed by atoms with E-state index < -0.39 is 5.97 Å². The number of carboxylic acid groups (broad SMARTS) is 1. The number of aromatic amines is 1. The Balaban J connectivity index is 2.10. The highest BCUT2D eigenvalue weighted by molar-refractivity contribution is 5.91. The van der Waals surface area contributed by atoms with E-state index in [2.05, 4.69) is 37.0 Å². The highest BCUT2D eigenvalue weighted by Gasteiger charge is 2.30. The Bertz CT molecular complexity index is 651. The van der Waals surface area contributed by atoms with Gasteiger partial charge >= 0.3 is 5.97 Å². The van der Waals surface area contributed by atoms with Crippen LogP contribution in [-0.4, -0.2) is 16.1 Å². The lowest BCUT2D eigenvalue weighted by Crippen LogP contribution is -1.98. The maximum atomic E-state index is 11.3. The van der Waals surface area contributed by atoms with E-state index in [-0.39, 0.29) is 0 Å². The van der Waals surface area contributed by atoms with Gasteiger partial charge in [-0.3, -0.25) is 0 Å². The third-order valence-corrected chi connectivity index (χ3v) is 3.74. The number of benzene rings is 1. The van der Waals surface area contributed by atoms with Gasteiger partial charge < -0.3 is 10.1 Å². The molecule has 0 radical (unpaired) electrons. The molecule has 0 aliphatic heterocycles. The summed E-state index contributed by atoms with van der Waals surface area (Å²) >= 11 is 0. The Hall–Kier alpha value is -2.03. The van der Waals surface area contributed by atoms with Gasteiger partial charge in [-0.1, -0.05) is 23.8 Å². The zero-order valence-electron chi connectivity index (χ0n) is 11.2. The average Bonchev–Trinajstić information content (AvgIpc) is 3.09. The molecule has 2 aromatic rings. The predicted octanol–water partition coefficient (Wildman–Crippen LogP) is 3.87. The van der Waals surface area contributed by atoms with Crippen molar-refractivity contribution in [2.75, 3.05) is 0 Å². The Morgan fingerprint density at radius 1 is 1.26 bits per heavy atom. The van der Waals surface area contributed by atoms with Gasteiger partial charge in [0, 0.05) is 17.0 Å². The lowest BCUT2D eigenvalue weighted by Gasteiger charge is -2.04. The summed E-state index contributed by atoms with van der Waals surface area (Å²) in [5, 5.41) is 9.30. The van der Waals surface area contributed by atoms with Crippen molar-refractivity contribution >= 4 is 5.97 Å². The molecule has 1 aromatic heterocycles. The van der Waals surface area contributed by atoms with Crippen molar-refractivity contribution < 1.29 is 9.90 Å². The van der Waals surface area contributed by atoms with Crippen molar-refractivity contribution in [3.8, 4) is 11.3 Å². The van der Waals surface area contributed by atoms with E-state index in [1.165, 1.54) is 11.1 Å². The lowest BCUT2D eigenvalue weighted by atomic mass is 10.0. The van der Waals surface area contributed by atoms with E-state index in [9.17, 15) is 9.90 Å². The highest BCUT2D eigenvalue weighted by Crippen LogP contribution is 2.42. The van der Waals surface area contributed by atoms with Gasteiger partial charge in [0.05, 0.1) is 5.56 Å². The summed E-state index contributed by atoms with van der Waals surface area (Å²) in [7, 11) is 0. The molecule has 3 heteroatoms. The van der Waals surface area contributed by atoms with Crippen molar-refractivity contribution in [2.45, 2.75) is 32.6 Å². The van der Waals surface area contributed by atoms with Gasteiger partial charge in [0.15, 0.2) is 0 Å². The van der Waals surface area contributed by atoms with Crippen molar-refractivity contribution in [3.63, 3.8) is 0 Å². The molecule has 19 heavy (non-hydrogen) atoms. The second kappa shape index (κ2) is 4.26. The van der Waals surface area contributed by atoms with Crippen LogP contribution in [0.25, 0.3) is 11.3 Å². The molecule has 0 spiro atoms.